The van der Waals surface area contributed by atoms with E-state index >= 15 is 0 Å². The minimum absolute atomic E-state index is 0.0266. The lowest BCUT2D eigenvalue weighted by Crippen LogP contribution is -2.34. The van der Waals surface area contributed by atoms with Gasteiger partial charge in [-0.1, -0.05) is 24.3 Å². The maximum absolute atomic E-state index is 12.0. The number of aliphatic carboxylic acids is 1. The van der Waals surface area contributed by atoms with Crippen molar-refractivity contribution in [2.45, 2.75) is 12.8 Å². The van der Waals surface area contributed by atoms with Gasteiger partial charge in [0.2, 0.25) is 10.0 Å². The van der Waals surface area contributed by atoms with Crippen LogP contribution in [0, 0.1) is 5.41 Å². The Morgan fingerprint density at radius 2 is 1.87 bits per heavy atom. The van der Waals surface area contributed by atoms with Crippen LogP contribution in [-0.2, 0) is 34.7 Å². The summed E-state index contributed by atoms with van der Waals surface area (Å²) in [7, 11) is -1.86. The number of amidine groups is 1. The van der Waals surface area contributed by atoms with Crippen molar-refractivity contribution >= 4 is 38.5 Å². The van der Waals surface area contributed by atoms with Crippen LogP contribution < -0.4 is 10.0 Å². The Kier molecular flexibility index (Phi) is 5.79. The molecule has 0 atom stereocenters. The van der Waals surface area contributed by atoms with Gasteiger partial charge in [-0.3, -0.25) is 14.5 Å². The molecule has 1 aromatic heterocycles. The molecule has 3 rings (SSSR count). The summed E-state index contributed by atoms with van der Waals surface area (Å²) >= 11 is 0. The molecule has 4 N–H and O–H groups in total. The highest BCUT2D eigenvalue weighted by atomic mass is 32.2. The molecular formula is C20H23N5O4S. The highest BCUT2D eigenvalue weighted by Gasteiger charge is 2.21. The number of hydrogen-bond donors (Lipinski definition) is 3. The van der Waals surface area contributed by atoms with Gasteiger partial charge in [-0.2, -0.15) is 0 Å². The molecule has 0 radical (unpaired) electrons. The number of benzene rings is 2. The first-order valence-electron chi connectivity index (χ1n) is 9.14. The van der Waals surface area contributed by atoms with Gasteiger partial charge in [0.25, 0.3) is 0 Å². The molecule has 0 unspecified atom stereocenters. The van der Waals surface area contributed by atoms with E-state index in [1.807, 2.05) is 23.7 Å². The first-order valence-corrected chi connectivity index (χ1v) is 11.0. The zero-order valence-corrected chi connectivity index (χ0v) is 17.5. The highest BCUT2D eigenvalue weighted by molar-refractivity contribution is 7.92. The average molecular weight is 430 g/mol. The normalized spacial score (nSPS) is 11.5. The van der Waals surface area contributed by atoms with Crippen LogP contribution in [-0.4, -0.2) is 47.7 Å². The molecule has 30 heavy (non-hydrogen) atoms. The Hall–Kier alpha value is -3.40. The van der Waals surface area contributed by atoms with Gasteiger partial charge >= 0.3 is 5.97 Å². The number of fused-ring (bicyclic) bond motifs is 1. The Labute approximate surface area is 174 Å². The number of rotatable bonds is 8. The van der Waals surface area contributed by atoms with Crippen molar-refractivity contribution in [3.63, 3.8) is 0 Å². The number of carboxylic acids is 1. The number of aryl methyl sites for hydroxylation is 3. The predicted molar refractivity (Wildman–Crippen MR) is 115 cm³/mol. The fourth-order valence-corrected chi connectivity index (χ4v) is 4.09. The van der Waals surface area contributed by atoms with Crippen LogP contribution in [0.4, 0.5) is 5.69 Å². The van der Waals surface area contributed by atoms with Gasteiger partial charge in [-0.15, -0.1) is 0 Å². The SMILES string of the molecule is Cn1c(CCc2ccc(C(=N)N)cc2)nc2cc(N(CC(=O)O)S(C)(=O)=O)ccc21. The van der Waals surface area contributed by atoms with E-state index in [1.165, 1.54) is 0 Å². The number of hydrogen-bond acceptors (Lipinski definition) is 5. The van der Waals surface area contributed by atoms with Gasteiger partial charge in [0.05, 0.1) is 23.0 Å². The third-order valence-electron chi connectivity index (χ3n) is 4.83. The molecule has 3 aromatic rings. The molecule has 0 aliphatic carbocycles. The molecule has 0 spiro atoms. The van der Waals surface area contributed by atoms with Crippen LogP contribution in [0.1, 0.15) is 17.0 Å². The van der Waals surface area contributed by atoms with E-state index in [1.54, 1.807) is 30.3 Å². The van der Waals surface area contributed by atoms with E-state index < -0.39 is 22.5 Å². The van der Waals surface area contributed by atoms with Crippen molar-refractivity contribution in [1.82, 2.24) is 9.55 Å². The number of nitrogens with zero attached hydrogens (tertiary/aromatic N) is 3. The molecule has 0 aliphatic rings. The number of nitrogens with two attached hydrogens (primary N) is 1. The smallest absolute Gasteiger partial charge is 0.324 e. The summed E-state index contributed by atoms with van der Waals surface area (Å²) in [4.78, 5) is 15.7. The zero-order valence-electron chi connectivity index (χ0n) is 16.7. The minimum Gasteiger partial charge on any atom is -0.480 e. The fraction of sp³-hybridized carbons (Fsp3) is 0.250. The average Bonchev–Trinajstić information content (AvgIpc) is 2.99. The number of nitrogens with one attached hydrogen (secondary N) is 1. The molecule has 0 saturated carbocycles. The van der Waals surface area contributed by atoms with Crippen LogP contribution in [0.15, 0.2) is 42.5 Å². The first-order chi connectivity index (χ1) is 14.1. The molecule has 0 saturated heterocycles. The summed E-state index contributed by atoms with van der Waals surface area (Å²) in [6, 6.07) is 12.4. The van der Waals surface area contributed by atoms with Gasteiger partial charge < -0.3 is 15.4 Å². The highest BCUT2D eigenvalue weighted by Crippen LogP contribution is 2.24. The summed E-state index contributed by atoms with van der Waals surface area (Å²) in [6.07, 6.45) is 2.36. The molecule has 0 fully saturated rings. The lowest BCUT2D eigenvalue weighted by atomic mass is 10.1. The number of anilines is 1. The van der Waals surface area contributed by atoms with E-state index in [4.69, 9.17) is 16.2 Å². The van der Waals surface area contributed by atoms with Crippen LogP contribution in [0.2, 0.25) is 0 Å². The van der Waals surface area contributed by atoms with Gasteiger partial charge in [0.1, 0.15) is 18.2 Å². The summed E-state index contributed by atoms with van der Waals surface area (Å²) in [5.74, 6) is -0.390. The number of imidazole rings is 1. The first kappa shape index (κ1) is 21.3. The van der Waals surface area contributed by atoms with E-state index in [0.29, 0.717) is 17.5 Å². The van der Waals surface area contributed by atoms with Crippen LogP contribution in [0.5, 0.6) is 0 Å². The Morgan fingerprint density at radius 3 is 2.43 bits per heavy atom. The van der Waals surface area contributed by atoms with E-state index in [0.717, 1.165) is 33.9 Å². The van der Waals surface area contributed by atoms with Crippen LogP contribution in [0.25, 0.3) is 11.0 Å². The van der Waals surface area contributed by atoms with Crippen molar-refractivity contribution < 1.29 is 18.3 Å². The number of nitrogen functional groups attached to an aromatic ring is 1. The molecule has 0 aliphatic heterocycles. The molecule has 10 heteroatoms. The fourth-order valence-electron chi connectivity index (χ4n) is 3.25. The molecule has 0 amide bonds. The second-order valence-electron chi connectivity index (χ2n) is 7.03. The van der Waals surface area contributed by atoms with Crippen LogP contribution >= 0.6 is 0 Å². The van der Waals surface area contributed by atoms with Crippen molar-refractivity contribution in [3.05, 3.63) is 59.4 Å². The van der Waals surface area contributed by atoms with E-state index in [9.17, 15) is 13.2 Å². The predicted octanol–water partition coefficient (Wildman–Crippen LogP) is 1.49. The number of carbonyl (C=O) groups is 1. The largest absolute Gasteiger partial charge is 0.480 e. The molecule has 0 bridgehead atoms. The maximum atomic E-state index is 12.0. The second kappa shape index (κ2) is 8.15. The minimum atomic E-state index is -3.75. The van der Waals surface area contributed by atoms with E-state index in [2.05, 4.69) is 4.98 Å². The Balaban J connectivity index is 1.86. The second-order valence-corrected chi connectivity index (χ2v) is 8.94. The lowest BCUT2D eigenvalue weighted by molar-refractivity contribution is -0.135. The van der Waals surface area contributed by atoms with Gasteiger partial charge in [0, 0.05) is 19.0 Å². The summed E-state index contributed by atoms with van der Waals surface area (Å²) in [5, 5.41) is 16.5. The Bertz CT molecular complexity index is 1220. The monoisotopic (exact) mass is 429 g/mol. The summed E-state index contributed by atoms with van der Waals surface area (Å²) in [5.41, 5.74) is 8.91. The maximum Gasteiger partial charge on any atom is 0.324 e. The van der Waals surface area contributed by atoms with Gasteiger partial charge in [-0.25, -0.2) is 13.4 Å². The Morgan fingerprint density at radius 1 is 1.20 bits per heavy atom. The number of carboxylic acid groups (broad SMARTS) is 1. The lowest BCUT2D eigenvalue weighted by Gasteiger charge is -2.20. The third kappa shape index (κ3) is 4.60. The van der Waals surface area contributed by atoms with Crippen LogP contribution in [0.3, 0.4) is 0 Å². The van der Waals surface area contributed by atoms with Crippen molar-refractivity contribution in [2.75, 3.05) is 17.1 Å². The van der Waals surface area contributed by atoms with E-state index in [-0.39, 0.29) is 11.5 Å². The molecule has 2 aromatic carbocycles. The summed E-state index contributed by atoms with van der Waals surface area (Å²) in [6.45, 7) is -0.652. The van der Waals surface area contributed by atoms with Crippen molar-refractivity contribution in [1.29, 1.82) is 5.41 Å². The molecule has 9 nitrogen and oxygen atoms in total. The van der Waals surface area contributed by atoms with Crippen molar-refractivity contribution in [3.8, 4) is 0 Å². The molecule has 158 valence electrons. The number of sulfonamides is 1. The summed E-state index contributed by atoms with van der Waals surface area (Å²) < 4.78 is 26.8. The van der Waals surface area contributed by atoms with Crippen molar-refractivity contribution in [2.24, 2.45) is 12.8 Å². The molecular weight excluding hydrogens is 406 g/mol. The topological polar surface area (TPSA) is 142 Å². The van der Waals surface area contributed by atoms with Gasteiger partial charge in [-0.05, 0) is 30.2 Å². The third-order valence-corrected chi connectivity index (χ3v) is 5.97. The van der Waals surface area contributed by atoms with Gasteiger partial charge in [0.15, 0.2) is 0 Å². The standard InChI is InChI=1S/C20H23N5O4S/c1-24-17-9-8-15(25(12-19(26)27)30(2,28)29)11-16(17)23-18(24)10-5-13-3-6-14(7-4-13)20(21)22/h3-4,6-9,11H,5,10,12H2,1-2H3,(H3,21,22)(H,26,27). The quantitative estimate of drug-likeness (QED) is 0.366. The zero-order chi connectivity index (χ0) is 22.1. The number of aromatic nitrogens is 2. The molecule has 1 heterocycles.